The zero-order valence-electron chi connectivity index (χ0n) is 11.8. The lowest BCUT2D eigenvalue weighted by atomic mass is 9.97. The molecule has 1 aliphatic rings. The lowest BCUT2D eigenvalue weighted by molar-refractivity contribution is -0.116. The van der Waals surface area contributed by atoms with Gasteiger partial charge < -0.3 is 10.6 Å². The minimum Gasteiger partial charge on any atom is -0.384 e. The molecule has 4 heteroatoms. The Hall–Kier alpha value is -1.81. The van der Waals surface area contributed by atoms with Crippen LogP contribution in [0, 0.1) is 6.92 Å². The topological polar surface area (TPSA) is 41.1 Å². The number of halogens is 1. The fourth-order valence-corrected chi connectivity index (χ4v) is 3.28. The second-order valence-corrected chi connectivity index (χ2v) is 6.26. The van der Waals surface area contributed by atoms with E-state index >= 15 is 0 Å². The van der Waals surface area contributed by atoms with Gasteiger partial charge in [-0.2, -0.15) is 0 Å². The molecule has 0 aliphatic carbocycles. The quantitative estimate of drug-likeness (QED) is 0.871. The zero-order valence-corrected chi connectivity index (χ0v) is 13.4. The van der Waals surface area contributed by atoms with Crippen molar-refractivity contribution in [3.05, 3.63) is 58.1 Å². The van der Waals surface area contributed by atoms with E-state index in [0.717, 1.165) is 28.0 Å². The van der Waals surface area contributed by atoms with Crippen molar-refractivity contribution in [1.82, 2.24) is 0 Å². The number of carbonyl (C=O) groups is 1. The van der Waals surface area contributed by atoms with Gasteiger partial charge in [0.2, 0.25) is 5.91 Å². The summed E-state index contributed by atoms with van der Waals surface area (Å²) >= 11 is 3.49. The summed E-state index contributed by atoms with van der Waals surface area (Å²) in [7, 11) is 0. The van der Waals surface area contributed by atoms with Crippen LogP contribution in [0.2, 0.25) is 0 Å². The van der Waals surface area contributed by atoms with Crippen molar-refractivity contribution in [2.24, 2.45) is 0 Å². The average Bonchev–Trinajstić information content (AvgIpc) is 2.85. The molecule has 0 spiro atoms. The van der Waals surface area contributed by atoms with Gasteiger partial charge in [-0.05, 0) is 52.2 Å². The Morgan fingerprint density at radius 1 is 1.33 bits per heavy atom. The number of anilines is 2. The summed E-state index contributed by atoms with van der Waals surface area (Å²) < 4.78 is 0.917. The molecule has 0 fully saturated rings. The predicted molar refractivity (Wildman–Crippen MR) is 89.8 cm³/mol. The summed E-state index contributed by atoms with van der Waals surface area (Å²) in [5.41, 5.74) is 4.36. The molecule has 0 saturated heterocycles. The van der Waals surface area contributed by atoms with E-state index in [2.05, 4.69) is 38.7 Å². The predicted octanol–water partition coefficient (Wildman–Crippen LogP) is 4.30. The fourth-order valence-electron chi connectivity index (χ4n) is 2.69. The Morgan fingerprint density at radius 3 is 2.95 bits per heavy atom. The molecule has 21 heavy (non-hydrogen) atoms. The van der Waals surface area contributed by atoms with E-state index in [4.69, 9.17) is 0 Å². The van der Waals surface area contributed by atoms with Crippen molar-refractivity contribution >= 4 is 33.2 Å². The largest absolute Gasteiger partial charge is 0.384 e. The Labute approximate surface area is 132 Å². The average molecular weight is 345 g/mol. The third-order valence-corrected chi connectivity index (χ3v) is 4.43. The van der Waals surface area contributed by atoms with Crippen molar-refractivity contribution in [2.75, 3.05) is 17.2 Å². The van der Waals surface area contributed by atoms with Gasteiger partial charge in [0.15, 0.2) is 0 Å². The molecule has 0 radical (unpaired) electrons. The van der Waals surface area contributed by atoms with Gasteiger partial charge in [0.1, 0.15) is 0 Å². The monoisotopic (exact) mass is 344 g/mol. The van der Waals surface area contributed by atoms with Gasteiger partial charge in [0, 0.05) is 29.0 Å². The Kier molecular flexibility index (Phi) is 3.97. The van der Waals surface area contributed by atoms with Crippen LogP contribution < -0.4 is 10.6 Å². The number of para-hydroxylation sites is 1. The molecule has 108 valence electrons. The van der Waals surface area contributed by atoms with E-state index in [1.807, 2.05) is 37.3 Å². The van der Waals surface area contributed by atoms with Crippen LogP contribution in [0.1, 0.15) is 23.5 Å². The minimum absolute atomic E-state index is 0.0445. The van der Waals surface area contributed by atoms with Crippen LogP contribution in [0.15, 0.2) is 46.9 Å². The molecule has 0 bridgehead atoms. The summed E-state index contributed by atoms with van der Waals surface area (Å²) in [5, 5.41) is 6.33. The van der Waals surface area contributed by atoms with E-state index < -0.39 is 0 Å². The number of aryl methyl sites for hydroxylation is 1. The maximum atomic E-state index is 12.3. The first-order chi connectivity index (χ1) is 10.1. The smallest absolute Gasteiger partial charge is 0.225 e. The number of benzene rings is 2. The Balaban J connectivity index is 1.68. The highest BCUT2D eigenvalue weighted by Gasteiger charge is 2.24. The van der Waals surface area contributed by atoms with Gasteiger partial charge in [-0.25, -0.2) is 0 Å². The molecule has 2 aromatic carbocycles. The second-order valence-electron chi connectivity index (χ2n) is 5.40. The zero-order chi connectivity index (χ0) is 14.8. The van der Waals surface area contributed by atoms with Crippen LogP contribution >= 0.6 is 15.9 Å². The van der Waals surface area contributed by atoms with Crippen LogP contribution in [0.4, 0.5) is 11.4 Å². The van der Waals surface area contributed by atoms with Crippen molar-refractivity contribution in [3.63, 3.8) is 0 Å². The van der Waals surface area contributed by atoms with E-state index in [0.29, 0.717) is 6.42 Å². The third-order valence-electron chi connectivity index (χ3n) is 3.77. The van der Waals surface area contributed by atoms with Crippen LogP contribution in [-0.2, 0) is 4.79 Å². The molecule has 0 saturated carbocycles. The van der Waals surface area contributed by atoms with Crippen molar-refractivity contribution in [1.29, 1.82) is 0 Å². The summed E-state index contributed by atoms with van der Waals surface area (Å²) in [5.74, 6) is 0.286. The fraction of sp³-hybridized carbons (Fsp3) is 0.235. The van der Waals surface area contributed by atoms with E-state index in [-0.39, 0.29) is 11.8 Å². The van der Waals surface area contributed by atoms with Crippen molar-refractivity contribution in [2.45, 2.75) is 19.3 Å². The van der Waals surface area contributed by atoms with Gasteiger partial charge in [0.25, 0.3) is 0 Å². The highest BCUT2D eigenvalue weighted by Crippen LogP contribution is 2.33. The molecule has 1 aliphatic heterocycles. The highest BCUT2D eigenvalue weighted by molar-refractivity contribution is 9.10. The summed E-state index contributed by atoms with van der Waals surface area (Å²) in [6.45, 7) is 2.85. The number of hydrogen-bond acceptors (Lipinski definition) is 2. The Morgan fingerprint density at radius 2 is 2.14 bits per heavy atom. The molecule has 3 rings (SSSR count). The summed E-state index contributed by atoms with van der Waals surface area (Å²) in [6, 6.07) is 14.1. The number of hydrogen-bond donors (Lipinski definition) is 2. The number of fused-ring (bicyclic) bond motifs is 1. The molecule has 0 aromatic heterocycles. The van der Waals surface area contributed by atoms with Gasteiger partial charge in [-0.15, -0.1) is 0 Å². The first kappa shape index (κ1) is 14.1. The van der Waals surface area contributed by atoms with E-state index in [9.17, 15) is 4.79 Å². The molecule has 1 atom stereocenters. The summed E-state index contributed by atoms with van der Waals surface area (Å²) in [4.78, 5) is 12.3. The minimum atomic E-state index is 0.0445. The number of rotatable bonds is 3. The maximum absolute atomic E-state index is 12.3. The summed E-state index contributed by atoms with van der Waals surface area (Å²) in [6.07, 6.45) is 0.490. The lowest BCUT2D eigenvalue weighted by Gasteiger charge is -2.12. The first-order valence-electron chi connectivity index (χ1n) is 7.02. The van der Waals surface area contributed by atoms with Crippen molar-refractivity contribution in [3.8, 4) is 0 Å². The lowest BCUT2D eigenvalue weighted by Crippen LogP contribution is -2.17. The third kappa shape index (κ3) is 3.10. The molecule has 3 nitrogen and oxygen atoms in total. The standard InChI is InChI=1S/C17H17BrN2O/c1-11-6-7-16(14(18)8-11)20-17(21)9-12-10-19-15-5-3-2-4-13(12)15/h2-8,12,19H,9-10H2,1H3,(H,20,21). The van der Waals surface area contributed by atoms with Crippen molar-refractivity contribution < 1.29 is 4.79 Å². The number of nitrogens with one attached hydrogen (secondary N) is 2. The molecule has 1 heterocycles. The van der Waals surface area contributed by atoms with Crippen LogP contribution in [0.25, 0.3) is 0 Å². The maximum Gasteiger partial charge on any atom is 0.225 e. The Bertz CT molecular complexity index is 684. The second kappa shape index (κ2) is 5.90. The van der Waals surface area contributed by atoms with Gasteiger partial charge in [-0.1, -0.05) is 24.3 Å². The molecule has 2 N–H and O–H groups in total. The van der Waals surface area contributed by atoms with E-state index in [1.54, 1.807) is 0 Å². The molecule has 2 aromatic rings. The van der Waals surface area contributed by atoms with Gasteiger partial charge in [0.05, 0.1) is 5.69 Å². The van der Waals surface area contributed by atoms with Crippen LogP contribution in [-0.4, -0.2) is 12.5 Å². The highest BCUT2D eigenvalue weighted by atomic mass is 79.9. The molecule has 1 amide bonds. The van der Waals surface area contributed by atoms with Crippen LogP contribution in [0.3, 0.4) is 0 Å². The van der Waals surface area contributed by atoms with Crippen LogP contribution in [0.5, 0.6) is 0 Å². The first-order valence-corrected chi connectivity index (χ1v) is 7.81. The number of carbonyl (C=O) groups excluding carboxylic acids is 1. The normalized spacial score (nSPS) is 16.2. The molecular weight excluding hydrogens is 328 g/mol. The number of amides is 1. The SMILES string of the molecule is Cc1ccc(NC(=O)CC2CNc3ccccc32)c(Br)c1. The van der Waals surface area contributed by atoms with Gasteiger partial charge in [-0.3, -0.25) is 4.79 Å². The van der Waals surface area contributed by atoms with E-state index in [1.165, 1.54) is 5.56 Å². The molecular formula is C17H17BrN2O. The molecule has 1 unspecified atom stereocenters. The van der Waals surface area contributed by atoms with Gasteiger partial charge >= 0.3 is 0 Å².